The van der Waals surface area contributed by atoms with E-state index in [0.29, 0.717) is 6.54 Å². The minimum Gasteiger partial charge on any atom is -0.487 e. The molecule has 0 spiro atoms. The fourth-order valence-corrected chi connectivity index (χ4v) is 1.92. The Bertz CT molecular complexity index is 637. The predicted molar refractivity (Wildman–Crippen MR) is 70.3 cm³/mol. The van der Waals surface area contributed by atoms with E-state index in [0.717, 1.165) is 23.5 Å². The summed E-state index contributed by atoms with van der Waals surface area (Å²) in [4.78, 5) is 10.8. The second-order valence-corrected chi connectivity index (χ2v) is 4.36. The molecule has 0 unspecified atom stereocenters. The van der Waals surface area contributed by atoms with E-state index in [4.69, 9.17) is 9.84 Å². The van der Waals surface area contributed by atoms with Gasteiger partial charge < -0.3 is 9.84 Å². The first kappa shape index (κ1) is 14.0. The number of carbonyl (C=O) groups is 1. The van der Waals surface area contributed by atoms with Gasteiger partial charge in [-0.05, 0) is 32.0 Å². The van der Waals surface area contributed by atoms with Crippen LogP contribution in [0.25, 0.3) is 0 Å². The van der Waals surface area contributed by atoms with E-state index < -0.39 is 11.8 Å². The van der Waals surface area contributed by atoms with Gasteiger partial charge in [-0.25, -0.2) is 9.18 Å². The summed E-state index contributed by atoms with van der Waals surface area (Å²) in [6.07, 6.45) is 0. The zero-order valence-corrected chi connectivity index (χ0v) is 11.3. The molecule has 1 aromatic heterocycles. The van der Waals surface area contributed by atoms with Gasteiger partial charge in [0.25, 0.3) is 0 Å². The van der Waals surface area contributed by atoms with Crippen molar-refractivity contribution in [1.82, 2.24) is 9.78 Å². The lowest BCUT2D eigenvalue weighted by Gasteiger charge is -2.08. The molecule has 1 heterocycles. The molecule has 0 aliphatic carbocycles. The number of hydrogen-bond donors (Lipinski definition) is 1. The molecule has 0 amide bonds. The lowest BCUT2D eigenvalue weighted by Crippen LogP contribution is -2.06. The van der Waals surface area contributed by atoms with Gasteiger partial charge in [0.15, 0.2) is 0 Å². The number of carboxylic acid groups (broad SMARTS) is 1. The number of halogens is 1. The summed E-state index contributed by atoms with van der Waals surface area (Å²) in [5.41, 5.74) is 1.59. The Hall–Kier alpha value is -2.37. The van der Waals surface area contributed by atoms with E-state index in [1.165, 1.54) is 6.07 Å². The molecule has 106 valence electrons. The Morgan fingerprint density at radius 1 is 1.40 bits per heavy atom. The quantitative estimate of drug-likeness (QED) is 0.913. The van der Waals surface area contributed by atoms with Gasteiger partial charge in [0, 0.05) is 12.6 Å². The van der Waals surface area contributed by atoms with E-state index in [9.17, 15) is 9.18 Å². The van der Waals surface area contributed by atoms with Gasteiger partial charge in [0.2, 0.25) is 0 Å². The molecule has 5 nitrogen and oxygen atoms in total. The predicted octanol–water partition coefficient (Wildman–Crippen LogP) is 2.63. The maximum absolute atomic E-state index is 13.3. The van der Waals surface area contributed by atoms with Crippen LogP contribution in [0.15, 0.2) is 24.3 Å². The van der Waals surface area contributed by atoms with E-state index in [2.05, 4.69) is 5.10 Å². The van der Waals surface area contributed by atoms with Crippen LogP contribution in [0.1, 0.15) is 28.7 Å². The van der Waals surface area contributed by atoms with Crippen LogP contribution in [0.4, 0.5) is 4.39 Å². The maximum Gasteiger partial charge on any atom is 0.335 e. The molecule has 20 heavy (non-hydrogen) atoms. The molecule has 6 heteroatoms. The van der Waals surface area contributed by atoms with Crippen LogP contribution in [0.2, 0.25) is 0 Å². The number of aromatic nitrogens is 2. The Balaban J connectivity index is 2.16. The number of nitrogens with zero attached hydrogens (tertiary/aromatic N) is 2. The molecule has 0 bridgehead atoms. The molecule has 0 atom stereocenters. The summed E-state index contributed by atoms with van der Waals surface area (Å²) < 4.78 is 20.5. The van der Waals surface area contributed by atoms with Crippen LogP contribution in [0.5, 0.6) is 5.75 Å². The summed E-state index contributed by atoms with van der Waals surface area (Å²) >= 11 is 0. The molecular formula is C14H15FN2O3. The van der Waals surface area contributed by atoms with E-state index in [-0.39, 0.29) is 17.9 Å². The second kappa shape index (κ2) is 5.73. The summed E-state index contributed by atoms with van der Waals surface area (Å²) in [6.45, 7) is 4.74. The molecule has 0 aliphatic heterocycles. The van der Waals surface area contributed by atoms with Gasteiger partial charge in [0.05, 0.1) is 17.0 Å². The number of benzene rings is 1. The van der Waals surface area contributed by atoms with Crippen molar-refractivity contribution in [2.24, 2.45) is 0 Å². The monoisotopic (exact) mass is 278 g/mol. The van der Waals surface area contributed by atoms with Crippen molar-refractivity contribution >= 4 is 5.97 Å². The first-order valence-electron chi connectivity index (χ1n) is 6.19. The molecule has 0 fully saturated rings. The van der Waals surface area contributed by atoms with Gasteiger partial charge >= 0.3 is 5.97 Å². The highest BCUT2D eigenvalue weighted by Gasteiger charge is 2.09. The van der Waals surface area contributed by atoms with E-state index in [1.54, 1.807) is 4.68 Å². The lowest BCUT2D eigenvalue weighted by atomic mass is 10.2. The number of aromatic carboxylic acids is 1. The van der Waals surface area contributed by atoms with Gasteiger partial charge in [0.1, 0.15) is 18.2 Å². The number of rotatable bonds is 5. The molecular weight excluding hydrogens is 263 g/mol. The average molecular weight is 278 g/mol. The standard InChI is InChI=1S/C14H15FN2O3/c1-3-17-12(4-9(2)16-17)8-20-13-6-10(14(18)19)5-11(15)7-13/h4-7H,3,8H2,1-2H3,(H,18,19). The third-order valence-corrected chi connectivity index (χ3v) is 2.79. The van der Waals surface area contributed by atoms with Gasteiger partial charge in [-0.15, -0.1) is 0 Å². The molecule has 2 aromatic rings. The Morgan fingerprint density at radius 3 is 2.80 bits per heavy atom. The zero-order chi connectivity index (χ0) is 14.7. The third kappa shape index (κ3) is 3.14. The van der Waals surface area contributed by atoms with Crippen molar-refractivity contribution in [3.8, 4) is 5.75 Å². The topological polar surface area (TPSA) is 64.4 Å². The fourth-order valence-electron chi connectivity index (χ4n) is 1.92. The first-order valence-corrected chi connectivity index (χ1v) is 6.19. The molecule has 0 aliphatic rings. The highest BCUT2D eigenvalue weighted by atomic mass is 19.1. The maximum atomic E-state index is 13.3. The van der Waals surface area contributed by atoms with Gasteiger partial charge in [-0.1, -0.05) is 0 Å². The highest BCUT2D eigenvalue weighted by molar-refractivity contribution is 5.88. The average Bonchev–Trinajstić information content (AvgIpc) is 2.76. The van der Waals surface area contributed by atoms with Crippen LogP contribution in [0.3, 0.4) is 0 Å². The normalized spacial score (nSPS) is 10.6. The van der Waals surface area contributed by atoms with Crippen LogP contribution < -0.4 is 4.74 Å². The Morgan fingerprint density at radius 2 is 2.15 bits per heavy atom. The third-order valence-electron chi connectivity index (χ3n) is 2.79. The van der Waals surface area contributed by atoms with Gasteiger partial charge in [-0.2, -0.15) is 5.10 Å². The summed E-state index contributed by atoms with van der Waals surface area (Å²) in [5.74, 6) is -1.65. The molecule has 0 saturated heterocycles. The molecule has 0 saturated carbocycles. The van der Waals surface area contributed by atoms with Crippen LogP contribution in [-0.4, -0.2) is 20.9 Å². The SMILES string of the molecule is CCn1nc(C)cc1COc1cc(F)cc(C(=O)O)c1. The summed E-state index contributed by atoms with van der Waals surface area (Å²) in [7, 11) is 0. The molecule has 1 N–H and O–H groups in total. The second-order valence-electron chi connectivity index (χ2n) is 4.36. The van der Waals surface area contributed by atoms with Crippen LogP contribution in [0, 0.1) is 12.7 Å². The minimum atomic E-state index is -1.19. The largest absolute Gasteiger partial charge is 0.487 e. The van der Waals surface area contributed by atoms with Crippen molar-refractivity contribution in [3.05, 3.63) is 47.0 Å². The lowest BCUT2D eigenvalue weighted by molar-refractivity contribution is 0.0695. The van der Waals surface area contributed by atoms with Crippen LogP contribution in [-0.2, 0) is 13.2 Å². The van der Waals surface area contributed by atoms with Crippen LogP contribution >= 0.6 is 0 Å². The number of aryl methyl sites for hydroxylation is 2. The molecule has 2 rings (SSSR count). The van der Waals surface area contributed by atoms with Crippen molar-refractivity contribution in [2.45, 2.75) is 27.0 Å². The number of carboxylic acids is 1. The van der Waals surface area contributed by atoms with Crippen molar-refractivity contribution in [2.75, 3.05) is 0 Å². The van der Waals surface area contributed by atoms with E-state index in [1.807, 2.05) is 19.9 Å². The first-order chi connectivity index (χ1) is 9.49. The highest BCUT2D eigenvalue weighted by Crippen LogP contribution is 2.18. The van der Waals surface area contributed by atoms with Crippen molar-refractivity contribution in [3.63, 3.8) is 0 Å². The van der Waals surface area contributed by atoms with Crippen molar-refractivity contribution in [1.29, 1.82) is 0 Å². The zero-order valence-electron chi connectivity index (χ0n) is 11.3. The van der Waals surface area contributed by atoms with Gasteiger partial charge in [-0.3, -0.25) is 4.68 Å². The number of hydrogen-bond acceptors (Lipinski definition) is 3. The number of ether oxygens (including phenoxy) is 1. The van der Waals surface area contributed by atoms with E-state index >= 15 is 0 Å². The van der Waals surface area contributed by atoms with Crippen molar-refractivity contribution < 1.29 is 19.0 Å². The summed E-state index contributed by atoms with van der Waals surface area (Å²) in [5, 5.41) is 13.1. The molecule has 0 radical (unpaired) electrons. The fraction of sp³-hybridized carbons (Fsp3) is 0.286. The summed E-state index contributed by atoms with van der Waals surface area (Å²) in [6, 6.07) is 5.29. The Kier molecular flexibility index (Phi) is 4.02. The minimum absolute atomic E-state index is 0.139. The Labute approximate surface area is 115 Å². The smallest absolute Gasteiger partial charge is 0.335 e. The molecule has 1 aromatic carbocycles.